The molecule has 4 rings (SSSR count). The third-order valence-electron chi connectivity index (χ3n) is 5.25. The monoisotopic (exact) mass is 464 g/mol. The summed E-state index contributed by atoms with van der Waals surface area (Å²) in [4.78, 5) is 12.6. The van der Waals surface area contributed by atoms with Crippen LogP contribution in [0.1, 0.15) is 0 Å². The van der Waals surface area contributed by atoms with E-state index < -0.39 is 71.1 Å². The number of fused-ring (bicyclic) bond motifs is 1. The van der Waals surface area contributed by atoms with Crippen LogP contribution in [0.5, 0.6) is 28.7 Å². The number of ether oxygens (including phenoxy) is 2. The van der Waals surface area contributed by atoms with Gasteiger partial charge in [-0.3, -0.25) is 4.79 Å². The van der Waals surface area contributed by atoms with E-state index >= 15 is 0 Å². The molecule has 2 heterocycles. The molecule has 0 spiro atoms. The van der Waals surface area contributed by atoms with Crippen LogP contribution in [-0.4, -0.2) is 78.2 Å². The number of phenols is 3. The lowest BCUT2D eigenvalue weighted by molar-refractivity contribution is -0.277. The lowest BCUT2D eigenvalue weighted by atomic mass is 9.99. The SMILES string of the molecule is O=c1c(O)c(-c2ccc(O)cc2O)oc2cc(O[C@@H]3O[C@H](CO)[C@@H](O)[C@H](O)[C@H]3O)cc(O)c12. The highest BCUT2D eigenvalue weighted by atomic mass is 16.7. The molecule has 12 nitrogen and oxygen atoms in total. The second kappa shape index (κ2) is 8.42. The van der Waals surface area contributed by atoms with Gasteiger partial charge >= 0.3 is 0 Å². The Bertz CT molecular complexity index is 1250. The topological polar surface area (TPSA) is 211 Å². The second-order valence-electron chi connectivity index (χ2n) is 7.44. The van der Waals surface area contributed by atoms with E-state index in [9.17, 15) is 45.6 Å². The Balaban J connectivity index is 1.77. The predicted molar refractivity (Wildman–Crippen MR) is 109 cm³/mol. The summed E-state index contributed by atoms with van der Waals surface area (Å²) >= 11 is 0. The molecule has 0 unspecified atom stereocenters. The molecule has 5 atom stereocenters. The van der Waals surface area contributed by atoms with Crippen LogP contribution >= 0.6 is 0 Å². The third-order valence-corrected chi connectivity index (χ3v) is 5.25. The van der Waals surface area contributed by atoms with E-state index in [1.54, 1.807) is 0 Å². The van der Waals surface area contributed by atoms with Crippen molar-refractivity contribution in [2.45, 2.75) is 30.7 Å². The Morgan fingerprint density at radius 1 is 0.909 bits per heavy atom. The first-order valence-corrected chi connectivity index (χ1v) is 9.64. The van der Waals surface area contributed by atoms with E-state index in [-0.39, 0.29) is 22.6 Å². The maximum atomic E-state index is 12.6. The zero-order valence-corrected chi connectivity index (χ0v) is 16.7. The first-order chi connectivity index (χ1) is 15.6. The standard InChI is InChI=1S/C21H20O12/c22-6-13-15(26)17(28)19(30)21(33-13)31-8-4-11(25)14-12(5-8)32-20(18(29)16(14)27)9-2-1-7(23)3-10(9)24/h1-5,13,15,17,19,21-26,28-30H,6H2/t13-,15-,17+,19-,21-/m1/s1. The molecule has 0 radical (unpaired) electrons. The molecule has 0 amide bonds. The molecule has 8 N–H and O–H groups in total. The van der Waals surface area contributed by atoms with E-state index in [0.29, 0.717) is 0 Å². The van der Waals surface area contributed by atoms with Gasteiger partial charge in [0.2, 0.25) is 17.5 Å². The zero-order chi connectivity index (χ0) is 24.0. The third kappa shape index (κ3) is 3.90. The van der Waals surface area contributed by atoms with E-state index in [1.165, 1.54) is 12.1 Å². The van der Waals surface area contributed by atoms with Gasteiger partial charge in [-0.2, -0.15) is 0 Å². The molecule has 176 valence electrons. The Hall–Kier alpha value is -3.55. The minimum atomic E-state index is -1.73. The molecular formula is C21H20O12. The fourth-order valence-corrected chi connectivity index (χ4v) is 3.53. The maximum Gasteiger partial charge on any atom is 0.238 e. The molecule has 1 aliphatic rings. The van der Waals surface area contributed by atoms with Gasteiger partial charge < -0.3 is 54.7 Å². The molecule has 3 aromatic rings. The first kappa shape index (κ1) is 22.6. The van der Waals surface area contributed by atoms with Gasteiger partial charge in [-0.05, 0) is 12.1 Å². The highest BCUT2D eigenvalue weighted by Crippen LogP contribution is 2.40. The molecule has 2 aromatic carbocycles. The number of rotatable bonds is 4. The Labute approximate surface area is 184 Å². The van der Waals surface area contributed by atoms with E-state index in [4.69, 9.17) is 13.9 Å². The van der Waals surface area contributed by atoms with Gasteiger partial charge in [0.05, 0.1) is 12.2 Å². The number of aliphatic hydroxyl groups is 4. The van der Waals surface area contributed by atoms with Crippen LogP contribution in [0.25, 0.3) is 22.3 Å². The molecule has 1 aliphatic heterocycles. The van der Waals surface area contributed by atoms with Gasteiger partial charge in [0.15, 0.2) is 5.76 Å². The van der Waals surface area contributed by atoms with Gasteiger partial charge in [0, 0.05) is 18.2 Å². The van der Waals surface area contributed by atoms with Crippen molar-refractivity contribution in [2.75, 3.05) is 6.61 Å². The highest BCUT2D eigenvalue weighted by Gasteiger charge is 2.44. The number of phenolic OH excluding ortho intramolecular Hbond substituents is 3. The molecule has 0 saturated carbocycles. The van der Waals surface area contributed by atoms with Gasteiger partial charge in [-0.25, -0.2) is 0 Å². The molecule has 0 bridgehead atoms. The molecule has 1 fully saturated rings. The summed E-state index contributed by atoms with van der Waals surface area (Å²) in [5.74, 6) is -2.97. The fourth-order valence-electron chi connectivity index (χ4n) is 3.53. The first-order valence-electron chi connectivity index (χ1n) is 9.64. The van der Waals surface area contributed by atoms with Crippen molar-refractivity contribution in [1.29, 1.82) is 0 Å². The number of aromatic hydroxyl groups is 4. The summed E-state index contributed by atoms with van der Waals surface area (Å²) in [6.07, 6.45) is -7.83. The summed E-state index contributed by atoms with van der Waals surface area (Å²) in [7, 11) is 0. The molecule has 1 saturated heterocycles. The van der Waals surface area contributed by atoms with Crippen LogP contribution in [0.3, 0.4) is 0 Å². The normalized spacial score (nSPS) is 25.3. The summed E-state index contributed by atoms with van der Waals surface area (Å²) < 4.78 is 16.2. The molecular weight excluding hydrogens is 444 g/mol. The van der Waals surface area contributed by atoms with Gasteiger partial charge in [0.25, 0.3) is 0 Å². The summed E-state index contributed by atoms with van der Waals surface area (Å²) in [6, 6.07) is 5.45. The quantitative estimate of drug-likeness (QED) is 0.245. The van der Waals surface area contributed by atoms with Crippen molar-refractivity contribution in [3.8, 4) is 40.1 Å². The average molecular weight is 464 g/mol. The minimum absolute atomic E-state index is 0.121. The number of benzene rings is 2. The predicted octanol–water partition coefficient (Wildman–Crippen LogP) is -0.539. The maximum absolute atomic E-state index is 12.6. The molecule has 0 aliphatic carbocycles. The lowest BCUT2D eigenvalue weighted by Gasteiger charge is -2.39. The number of hydrogen-bond acceptors (Lipinski definition) is 12. The zero-order valence-electron chi connectivity index (χ0n) is 16.7. The summed E-state index contributed by atoms with van der Waals surface area (Å²) in [6.45, 7) is -0.679. The van der Waals surface area contributed by atoms with Crippen molar-refractivity contribution >= 4 is 11.0 Å². The van der Waals surface area contributed by atoms with Gasteiger partial charge in [-0.1, -0.05) is 0 Å². The summed E-state index contributed by atoms with van der Waals surface area (Å²) in [5.41, 5.74) is -1.42. The van der Waals surface area contributed by atoms with Crippen LogP contribution in [-0.2, 0) is 4.74 Å². The largest absolute Gasteiger partial charge is 0.508 e. The Kier molecular flexibility index (Phi) is 5.78. The lowest BCUT2D eigenvalue weighted by Crippen LogP contribution is -2.60. The number of aliphatic hydroxyl groups excluding tert-OH is 4. The van der Waals surface area contributed by atoms with Gasteiger partial charge in [-0.15, -0.1) is 0 Å². The Morgan fingerprint density at radius 2 is 1.64 bits per heavy atom. The van der Waals surface area contributed by atoms with E-state index in [0.717, 1.165) is 18.2 Å². The van der Waals surface area contributed by atoms with Gasteiger partial charge in [0.1, 0.15) is 58.4 Å². The summed E-state index contributed by atoms with van der Waals surface area (Å²) in [5, 5.41) is 78.9. The van der Waals surface area contributed by atoms with E-state index in [2.05, 4.69) is 0 Å². The van der Waals surface area contributed by atoms with Crippen molar-refractivity contribution in [2.24, 2.45) is 0 Å². The van der Waals surface area contributed by atoms with Crippen LogP contribution < -0.4 is 10.2 Å². The van der Waals surface area contributed by atoms with Crippen LogP contribution in [0.4, 0.5) is 0 Å². The van der Waals surface area contributed by atoms with Crippen LogP contribution in [0.2, 0.25) is 0 Å². The van der Waals surface area contributed by atoms with Crippen molar-refractivity contribution in [3.05, 3.63) is 40.6 Å². The van der Waals surface area contributed by atoms with Crippen molar-refractivity contribution in [3.63, 3.8) is 0 Å². The molecule has 1 aromatic heterocycles. The number of hydrogen-bond donors (Lipinski definition) is 8. The van der Waals surface area contributed by atoms with Crippen molar-refractivity contribution in [1.82, 2.24) is 0 Å². The smallest absolute Gasteiger partial charge is 0.238 e. The molecule has 33 heavy (non-hydrogen) atoms. The van der Waals surface area contributed by atoms with Crippen LogP contribution in [0.15, 0.2) is 39.5 Å². The fraction of sp³-hybridized carbons (Fsp3) is 0.286. The average Bonchev–Trinajstić information content (AvgIpc) is 2.76. The Morgan fingerprint density at radius 3 is 2.30 bits per heavy atom. The van der Waals surface area contributed by atoms with E-state index in [1.807, 2.05) is 0 Å². The highest BCUT2D eigenvalue weighted by molar-refractivity contribution is 5.88. The van der Waals surface area contributed by atoms with Crippen LogP contribution in [0, 0.1) is 0 Å². The second-order valence-corrected chi connectivity index (χ2v) is 7.44. The van der Waals surface area contributed by atoms with Crippen molar-refractivity contribution < 1.29 is 54.7 Å². The minimum Gasteiger partial charge on any atom is -0.508 e. The molecule has 12 heteroatoms.